The van der Waals surface area contributed by atoms with Gasteiger partial charge in [0.2, 0.25) is 0 Å². The van der Waals surface area contributed by atoms with Crippen molar-refractivity contribution in [1.82, 2.24) is 0 Å². The molecule has 0 saturated carbocycles. The van der Waals surface area contributed by atoms with Crippen LogP contribution in [0.2, 0.25) is 0 Å². The van der Waals surface area contributed by atoms with Crippen LogP contribution in [0.5, 0.6) is 0 Å². The number of esters is 1. The van der Waals surface area contributed by atoms with E-state index in [0.29, 0.717) is 0 Å². The minimum Gasteiger partial charge on any atom is -0.498 e. The minimum atomic E-state index is -1.35. The molecule has 7 nitrogen and oxygen atoms in total. The molecule has 2 N–H and O–H groups in total. The zero-order valence-corrected chi connectivity index (χ0v) is 10.4. The van der Waals surface area contributed by atoms with Crippen LogP contribution in [0.15, 0.2) is 31.0 Å². The maximum absolute atomic E-state index is 11.7. The van der Waals surface area contributed by atoms with Gasteiger partial charge in [-0.25, -0.2) is 14.4 Å². The van der Waals surface area contributed by atoms with Crippen LogP contribution in [0.4, 0.5) is 0 Å². The van der Waals surface area contributed by atoms with Crippen molar-refractivity contribution in [3.63, 3.8) is 0 Å². The normalized spacial score (nSPS) is 9.60. The summed E-state index contributed by atoms with van der Waals surface area (Å²) in [6.45, 7) is 3.25. The van der Waals surface area contributed by atoms with Crippen LogP contribution in [0.25, 0.3) is 0 Å². The predicted octanol–water partition coefficient (Wildman–Crippen LogP) is 1.40. The molecule has 1 aromatic carbocycles. The molecular weight excluding hydrogens is 268 g/mol. The van der Waals surface area contributed by atoms with Gasteiger partial charge in [-0.1, -0.05) is 6.58 Å². The molecule has 0 aliphatic rings. The van der Waals surface area contributed by atoms with Gasteiger partial charge in [-0.2, -0.15) is 0 Å². The van der Waals surface area contributed by atoms with Gasteiger partial charge >= 0.3 is 17.9 Å². The Morgan fingerprint density at radius 1 is 1.10 bits per heavy atom. The third-order valence-electron chi connectivity index (χ3n) is 2.27. The Labute approximate surface area is 114 Å². The number of hydrogen-bond acceptors (Lipinski definition) is 5. The number of rotatable bonds is 7. The highest BCUT2D eigenvalue weighted by molar-refractivity contribution is 6.04. The molecule has 0 saturated heterocycles. The fourth-order valence-corrected chi connectivity index (χ4v) is 1.38. The summed E-state index contributed by atoms with van der Waals surface area (Å²) in [4.78, 5) is 33.6. The van der Waals surface area contributed by atoms with E-state index in [9.17, 15) is 14.4 Å². The monoisotopic (exact) mass is 280 g/mol. The van der Waals surface area contributed by atoms with Crippen LogP contribution in [-0.2, 0) is 9.47 Å². The lowest BCUT2D eigenvalue weighted by Crippen LogP contribution is -2.15. The van der Waals surface area contributed by atoms with Crippen LogP contribution < -0.4 is 0 Å². The minimum absolute atomic E-state index is 0.0657. The van der Waals surface area contributed by atoms with Gasteiger partial charge in [0.25, 0.3) is 0 Å². The predicted molar refractivity (Wildman–Crippen MR) is 66.8 cm³/mol. The highest BCUT2D eigenvalue weighted by Gasteiger charge is 2.20. The van der Waals surface area contributed by atoms with Crippen molar-refractivity contribution in [1.29, 1.82) is 0 Å². The zero-order valence-electron chi connectivity index (χ0n) is 10.4. The molecule has 1 rings (SSSR count). The third kappa shape index (κ3) is 3.84. The molecule has 0 aliphatic carbocycles. The highest BCUT2D eigenvalue weighted by atomic mass is 16.6. The molecular formula is C13H12O7. The molecule has 106 valence electrons. The Kier molecular flexibility index (Phi) is 5.28. The molecule has 0 aromatic heterocycles. The van der Waals surface area contributed by atoms with E-state index in [0.717, 1.165) is 18.2 Å². The van der Waals surface area contributed by atoms with Crippen molar-refractivity contribution < 1.29 is 34.1 Å². The molecule has 0 fully saturated rings. The van der Waals surface area contributed by atoms with Gasteiger partial charge in [0.05, 0.1) is 23.0 Å². The molecule has 7 heteroatoms. The van der Waals surface area contributed by atoms with E-state index >= 15 is 0 Å². The topological polar surface area (TPSA) is 110 Å². The maximum Gasteiger partial charge on any atom is 0.339 e. The van der Waals surface area contributed by atoms with Gasteiger partial charge in [-0.15, -0.1) is 0 Å². The van der Waals surface area contributed by atoms with Gasteiger partial charge in [0.15, 0.2) is 0 Å². The number of aromatic carboxylic acids is 2. The standard InChI is InChI=1S/C13H12O7/c1-2-19-5-6-20-13(18)10-7-8(11(14)15)3-4-9(10)12(16)17/h2-4,7H,1,5-6H2,(H,14,15)(H,16,17). The average molecular weight is 280 g/mol. The molecule has 0 radical (unpaired) electrons. The lowest BCUT2D eigenvalue weighted by atomic mass is 10.0. The molecule has 1 aromatic rings. The first-order valence-electron chi connectivity index (χ1n) is 5.47. The van der Waals surface area contributed by atoms with Crippen molar-refractivity contribution in [3.8, 4) is 0 Å². The van der Waals surface area contributed by atoms with E-state index in [2.05, 4.69) is 6.58 Å². The molecule has 20 heavy (non-hydrogen) atoms. The fourth-order valence-electron chi connectivity index (χ4n) is 1.38. The summed E-state index contributed by atoms with van der Waals surface area (Å²) in [5, 5.41) is 17.8. The molecule has 0 amide bonds. The second-order valence-corrected chi connectivity index (χ2v) is 3.54. The first-order valence-corrected chi connectivity index (χ1v) is 5.47. The van der Waals surface area contributed by atoms with Crippen LogP contribution in [0.3, 0.4) is 0 Å². The molecule has 0 unspecified atom stereocenters. The van der Waals surface area contributed by atoms with E-state index in [1.165, 1.54) is 6.26 Å². The molecule has 0 heterocycles. The van der Waals surface area contributed by atoms with Gasteiger partial charge in [-0.05, 0) is 18.2 Å². The van der Waals surface area contributed by atoms with Crippen LogP contribution in [0, 0.1) is 0 Å². The summed E-state index contributed by atoms with van der Waals surface area (Å²) in [6, 6.07) is 3.11. The zero-order chi connectivity index (χ0) is 15.1. The summed E-state index contributed by atoms with van der Waals surface area (Å²) in [5.74, 6) is -3.56. The Bertz CT molecular complexity index is 548. The fraction of sp³-hybridized carbons (Fsp3) is 0.154. The maximum atomic E-state index is 11.7. The van der Waals surface area contributed by atoms with E-state index in [1.807, 2.05) is 0 Å². The Morgan fingerprint density at radius 3 is 2.35 bits per heavy atom. The van der Waals surface area contributed by atoms with E-state index in [4.69, 9.17) is 19.7 Å². The SMILES string of the molecule is C=COCCOC(=O)c1cc(C(=O)O)ccc1C(=O)O. The summed E-state index contributed by atoms with van der Waals surface area (Å²) in [7, 11) is 0. The van der Waals surface area contributed by atoms with E-state index < -0.39 is 17.9 Å². The highest BCUT2D eigenvalue weighted by Crippen LogP contribution is 2.14. The van der Waals surface area contributed by atoms with Gasteiger partial charge in [0.1, 0.15) is 13.2 Å². The Morgan fingerprint density at radius 2 is 1.80 bits per heavy atom. The number of carboxylic acids is 2. The number of benzene rings is 1. The molecule has 0 spiro atoms. The smallest absolute Gasteiger partial charge is 0.339 e. The Balaban J connectivity index is 2.97. The van der Waals surface area contributed by atoms with Crippen LogP contribution in [0.1, 0.15) is 31.1 Å². The van der Waals surface area contributed by atoms with Crippen LogP contribution in [-0.4, -0.2) is 41.3 Å². The van der Waals surface area contributed by atoms with Crippen molar-refractivity contribution in [3.05, 3.63) is 47.7 Å². The van der Waals surface area contributed by atoms with Crippen molar-refractivity contribution in [2.24, 2.45) is 0 Å². The number of carbonyl (C=O) groups is 3. The summed E-state index contributed by atoms with van der Waals surface area (Å²) >= 11 is 0. The number of carboxylic acid groups (broad SMARTS) is 2. The largest absolute Gasteiger partial charge is 0.498 e. The number of ether oxygens (including phenoxy) is 2. The first kappa shape index (κ1) is 15.2. The lowest BCUT2D eigenvalue weighted by molar-refractivity contribution is 0.0414. The summed E-state index contributed by atoms with van der Waals surface area (Å²) in [6.07, 6.45) is 1.17. The Hall–Kier alpha value is -2.83. The summed E-state index contributed by atoms with van der Waals surface area (Å²) < 4.78 is 9.52. The van der Waals surface area contributed by atoms with Gasteiger partial charge in [-0.3, -0.25) is 0 Å². The van der Waals surface area contributed by atoms with Crippen molar-refractivity contribution in [2.45, 2.75) is 0 Å². The quantitative estimate of drug-likeness (QED) is 0.441. The van der Waals surface area contributed by atoms with Crippen LogP contribution >= 0.6 is 0 Å². The number of hydrogen-bond donors (Lipinski definition) is 2. The third-order valence-corrected chi connectivity index (χ3v) is 2.27. The molecule has 0 aliphatic heterocycles. The van der Waals surface area contributed by atoms with Crippen molar-refractivity contribution >= 4 is 17.9 Å². The summed E-state index contributed by atoms with van der Waals surface area (Å²) in [5.41, 5.74) is -0.857. The molecule has 0 bridgehead atoms. The van der Waals surface area contributed by atoms with E-state index in [1.54, 1.807) is 0 Å². The first-order chi connectivity index (χ1) is 9.47. The van der Waals surface area contributed by atoms with E-state index in [-0.39, 0.29) is 29.9 Å². The second kappa shape index (κ2) is 6.93. The van der Waals surface area contributed by atoms with Gasteiger partial charge < -0.3 is 19.7 Å². The van der Waals surface area contributed by atoms with Gasteiger partial charge in [0, 0.05) is 0 Å². The average Bonchev–Trinajstić information content (AvgIpc) is 2.42. The second-order valence-electron chi connectivity index (χ2n) is 3.54. The molecule has 0 atom stereocenters. The lowest BCUT2D eigenvalue weighted by Gasteiger charge is -2.08. The number of carbonyl (C=O) groups excluding carboxylic acids is 1. The van der Waals surface area contributed by atoms with Crippen molar-refractivity contribution in [2.75, 3.05) is 13.2 Å².